The lowest BCUT2D eigenvalue weighted by molar-refractivity contribution is -0.121. The highest BCUT2D eigenvalue weighted by atomic mass is 32.2. The number of ether oxygens (including phenoxy) is 1. The quantitative estimate of drug-likeness (QED) is 0.639. The number of thioether (sulfide) groups is 1. The third-order valence-corrected chi connectivity index (χ3v) is 5.66. The Morgan fingerprint density at radius 2 is 2.00 bits per heavy atom. The van der Waals surface area contributed by atoms with Crippen molar-refractivity contribution in [3.63, 3.8) is 0 Å². The van der Waals surface area contributed by atoms with Crippen LogP contribution < -0.4 is 15.4 Å². The number of rotatable bonds is 9. The summed E-state index contributed by atoms with van der Waals surface area (Å²) in [6.45, 7) is 4.00. The molecular formula is C18H23N3O3S2. The predicted octanol–water partition coefficient (Wildman–Crippen LogP) is 3.34. The van der Waals surface area contributed by atoms with Crippen molar-refractivity contribution in [1.29, 1.82) is 0 Å². The fourth-order valence-electron chi connectivity index (χ4n) is 2.03. The van der Waals surface area contributed by atoms with Crippen LogP contribution in [0.15, 0.2) is 34.0 Å². The maximum absolute atomic E-state index is 12.0. The first-order valence-corrected chi connectivity index (χ1v) is 10.2. The Morgan fingerprint density at radius 1 is 1.27 bits per heavy atom. The standard InChI is InChI=1S/C18H23N3O3S2/c1-4-12(2)19-16(22)9-14-10-25-18(21-14)26-11-17(23)20-13-5-7-15(24-3)8-6-13/h5-8,10,12H,4,9,11H2,1-3H3,(H,19,22)(H,20,23)/t12-/m0/s1. The molecule has 0 spiro atoms. The number of carbonyl (C=O) groups is 2. The lowest BCUT2D eigenvalue weighted by Crippen LogP contribution is -2.33. The Labute approximate surface area is 161 Å². The van der Waals surface area contributed by atoms with Gasteiger partial charge in [0.05, 0.1) is 25.0 Å². The van der Waals surface area contributed by atoms with Gasteiger partial charge in [0.2, 0.25) is 11.8 Å². The fourth-order valence-corrected chi connectivity index (χ4v) is 3.67. The second-order valence-corrected chi connectivity index (χ2v) is 7.80. The lowest BCUT2D eigenvalue weighted by atomic mass is 10.2. The summed E-state index contributed by atoms with van der Waals surface area (Å²) in [5, 5.41) is 7.61. The molecule has 0 bridgehead atoms. The molecule has 1 atom stereocenters. The molecule has 26 heavy (non-hydrogen) atoms. The molecule has 2 rings (SSSR count). The zero-order valence-corrected chi connectivity index (χ0v) is 16.7. The molecule has 0 unspecified atom stereocenters. The van der Waals surface area contributed by atoms with Crippen LogP contribution in [0.1, 0.15) is 26.0 Å². The zero-order valence-electron chi connectivity index (χ0n) is 15.1. The van der Waals surface area contributed by atoms with Crippen molar-refractivity contribution >= 4 is 40.6 Å². The van der Waals surface area contributed by atoms with E-state index in [9.17, 15) is 9.59 Å². The van der Waals surface area contributed by atoms with E-state index in [2.05, 4.69) is 15.6 Å². The van der Waals surface area contributed by atoms with Gasteiger partial charge in [0, 0.05) is 17.1 Å². The first-order valence-electron chi connectivity index (χ1n) is 8.30. The second kappa shape index (κ2) is 10.2. The minimum atomic E-state index is -0.105. The highest BCUT2D eigenvalue weighted by Crippen LogP contribution is 2.23. The molecule has 0 saturated heterocycles. The van der Waals surface area contributed by atoms with Crippen LogP contribution in [0.3, 0.4) is 0 Å². The summed E-state index contributed by atoms with van der Waals surface area (Å²) >= 11 is 2.81. The Hall–Kier alpha value is -2.06. The molecular weight excluding hydrogens is 370 g/mol. The largest absolute Gasteiger partial charge is 0.497 e. The van der Waals surface area contributed by atoms with Crippen molar-refractivity contribution in [3.05, 3.63) is 35.3 Å². The van der Waals surface area contributed by atoms with Gasteiger partial charge in [-0.15, -0.1) is 11.3 Å². The smallest absolute Gasteiger partial charge is 0.234 e. The molecule has 140 valence electrons. The van der Waals surface area contributed by atoms with Gasteiger partial charge in [-0.2, -0.15) is 0 Å². The van der Waals surface area contributed by atoms with Crippen molar-refractivity contribution in [1.82, 2.24) is 10.3 Å². The van der Waals surface area contributed by atoms with Crippen LogP contribution in [-0.2, 0) is 16.0 Å². The van der Waals surface area contributed by atoms with Crippen molar-refractivity contribution < 1.29 is 14.3 Å². The summed E-state index contributed by atoms with van der Waals surface area (Å²) in [6.07, 6.45) is 1.16. The number of methoxy groups -OCH3 is 1. The Bertz CT molecular complexity index is 732. The Morgan fingerprint density at radius 3 is 2.65 bits per heavy atom. The van der Waals surface area contributed by atoms with E-state index in [-0.39, 0.29) is 30.0 Å². The molecule has 0 aliphatic rings. The van der Waals surface area contributed by atoms with Gasteiger partial charge in [0.1, 0.15) is 5.75 Å². The third kappa shape index (κ3) is 6.68. The average Bonchev–Trinajstić information content (AvgIpc) is 3.07. The summed E-state index contributed by atoms with van der Waals surface area (Å²) in [7, 11) is 1.60. The number of hydrogen-bond acceptors (Lipinski definition) is 6. The van der Waals surface area contributed by atoms with E-state index in [1.165, 1.54) is 23.1 Å². The van der Waals surface area contributed by atoms with Crippen LogP contribution in [0, 0.1) is 0 Å². The zero-order chi connectivity index (χ0) is 18.9. The number of benzene rings is 1. The first-order chi connectivity index (χ1) is 12.5. The van der Waals surface area contributed by atoms with Gasteiger partial charge < -0.3 is 15.4 Å². The Kier molecular flexibility index (Phi) is 7.93. The normalized spacial score (nSPS) is 11.7. The number of thiazole rings is 1. The van der Waals surface area contributed by atoms with Crippen LogP contribution in [0.5, 0.6) is 5.75 Å². The van der Waals surface area contributed by atoms with Gasteiger partial charge in [0.15, 0.2) is 4.34 Å². The van der Waals surface area contributed by atoms with Gasteiger partial charge in [-0.25, -0.2) is 4.98 Å². The number of hydrogen-bond donors (Lipinski definition) is 2. The molecule has 8 heteroatoms. The molecule has 0 saturated carbocycles. The van der Waals surface area contributed by atoms with E-state index in [0.717, 1.165) is 27.9 Å². The van der Waals surface area contributed by atoms with E-state index in [4.69, 9.17) is 4.74 Å². The van der Waals surface area contributed by atoms with Crippen molar-refractivity contribution in [2.45, 2.75) is 37.1 Å². The summed E-state index contributed by atoms with van der Waals surface area (Å²) < 4.78 is 5.86. The van der Waals surface area contributed by atoms with E-state index in [0.29, 0.717) is 0 Å². The maximum Gasteiger partial charge on any atom is 0.234 e. The highest BCUT2D eigenvalue weighted by molar-refractivity contribution is 8.01. The number of aromatic nitrogens is 1. The molecule has 0 aliphatic heterocycles. The molecule has 0 aliphatic carbocycles. The van der Waals surface area contributed by atoms with Gasteiger partial charge in [0.25, 0.3) is 0 Å². The SMILES string of the molecule is CC[C@H](C)NC(=O)Cc1csc(SCC(=O)Nc2ccc(OC)cc2)n1. The summed E-state index contributed by atoms with van der Waals surface area (Å²) in [6, 6.07) is 7.33. The van der Waals surface area contributed by atoms with Gasteiger partial charge in [-0.3, -0.25) is 9.59 Å². The lowest BCUT2D eigenvalue weighted by Gasteiger charge is -2.10. The maximum atomic E-state index is 12.0. The van der Waals surface area contributed by atoms with Gasteiger partial charge in [-0.05, 0) is 37.6 Å². The number of carbonyl (C=O) groups excluding carboxylic acids is 2. The summed E-state index contributed by atoms with van der Waals surface area (Å²) in [5.41, 5.74) is 1.45. The van der Waals surface area contributed by atoms with Gasteiger partial charge >= 0.3 is 0 Å². The van der Waals surface area contributed by atoms with Crippen molar-refractivity contribution in [3.8, 4) is 5.75 Å². The van der Waals surface area contributed by atoms with Crippen LogP contribution in [-0.4, -0.2) is 35.7 Å². The van der Waals surface area contributed by atoms with E-state index >= 15 is 0 Å². The van der Waals surface area contributed by atoms with E-state index in [1.54, 1.807) is 31.4 Å². The highest BCUT2D eigenvalue weighted by Gasteiger charge is 2.11. The molecule has 2 amide bonds. The number of anilines is 1. The van der Waals surface area contributed by atoms with E-state index < -0.39 is 0 Å². The summed E-state index contributed by atoms with van der Waals surface area (Å²) in [4.78, 5) is 28.3. The molecule has 1 aromatic carbocycles. The first kappa shape index (κ1) is 20.3. The second-order valence-electron chi connectivity index (χ2n) is 5.72. The molecule has 2 N–H and O–H groups in total. The molecule has 1 aromatic heterocycles. The van der Waals surface area contributed by atoms with Crippen LogP contribution >= 0.6 is 23.1 Å². The van der Waals surface area contributed by atoms with Crippen LogP contribution in [0.2, 0.25) is 0 Å². The number of amides is 2. The van der Waals surface area contributed by atoms with E-state index in [1.807, 2.05) is 19.2 Å². The predicted molar refractivity (Wildman–Crippen MR) is 106 cm³/mol. The van der Waals surface area contributed by atoms with Crippen molar-refractivity contribution in [2.75, 3.05) is 18.2 Å². The molecule has 0 fully saturated rings. The molecule has 0 radical (unpaired) electrons. The molecule has 1 heterocycles. The number of nitrogens with zero attached hydrogens (tertiary/aromatic N) is 1. The minimum absolute atomic E-state index is 0.0292. The third-order valence-electron chi connectivity index (χ3n) is 3.59. The minimum Gasteiger partial charge on any atom is -0.497 e. The topological polar surface area (TPSA) is 80.3 Å². The number of nitrogens with one attached hydrogen (secondary N) is 2. The van der Waals surface area contributed by atoms with Crippen LogP contribution in [0.4, 0.5) is 5.69 Å². The summed E-state index contributed by atoms with van der Waals surface area (Å²) in [5.74, 6) is 0.868. The Balaban J connectivity index is 1.77. The van der Waals surface area contributed by atoms with Crippen LogP contribution in [0.25, 0.3) is 0 Å². The van der Waals surface area contributed by atoms with Crippen molar-refractivity contribution in [2.24, 2.45) is 0 Å². The van der Waals surface area contributed by atoms with Gasteiger partial charge in [-0.1, -0.05) is 18.7 Å². The average molecular weight is 394 g/mol. The molecule has 6 nitrogen and oxygen atoms in total. The monoisotopic (exact) mass is 393 g/mol. The fraction of sp³-hybridized carbons (Fsp3) is 0.389. The molecule has 2 aromatic rings.